The quantitative estimate of drug-likeness (QED) is 0.597. The molecule has 1 aliphatic rings. The van der Waals surface area contributed by atoms with Crippen LogP contribution in [-0.4, -0.2) is 15.3 Å². The lowest BCUT2D eigenvalue weighted by Crippen LogP contribution is -2.16. The van der Waals surface area contributed by atoms with Crippen LogP contribution in [0.4, 0.5) is 23.4 Å². The number of anilines is 1. The second-order valence-electron chi connectivity index (χ2n) is 7.32. The van der Waals surface area contributed by atoms with Gasteiger partial charge in [-0.2, -0.15) is 13.2 Å². The Hall–Kier alpha value is -2.90. The number of amides is 1. The van der Waals surface area contributed by atoms with Crippen LogP contribution in [-0.2, 0) is 17.4 Å². The van der Waals surface area contributed by atoms with E-state index in [1.807, 2.05) is 0 Å². The fourth-order valence-electron chi connectivity index (χ4n) is 3.88. The van der Waals surface area contributed by atoms with Crippen molar-refractivity contribution in [1.29, 1.82) is 0 Å². The van der Waals surface area contributed by atoms with Crippen LogP contribution in [0.15, 0.2) is 42.6 Å². The predicted octanol–water partition coefficient (Wildman–Crippen LogP) is 5.33. The molecule has 4 rings (SSSR count). The number of rotatable bonds is 4. The molecule has 4 nitrogen and oxygen atoms in total. The normalized spacial score (nSPS) is 15.2. The van der Waals surface area contributed by atoms with Crippen molar-refractivity contribution in [2.45, 2.75) is 44.2 Å². The van der Waals surface area contributed by atoms with Crippen LogP contribution in [0.5, 0.6) is 0 Å². The average molecular weight is 405 g/mol. The number of halogens is 4. The Morgan fingerprint density at radius 2 is 1.79 bits per heavy atom. The van der Waals surface area contributed by atoms with E-state index in [1.54, 1.807) is 0 Å². The number of pyridine rings is 1. The number of alkyl halides is 3. The lowest BCUT2D eigenvalue weighted by atomic mass is 10.0. The van der Waals surface area contributed by atoms with Crippen molar-refractivity contribution in [1.82, 2.24) is 9.38 Å². The van der Waals surface area contributed by atoms with Gasteiger partial charge in [-0.25, -0.2) is 9.37 Å². The number of carbonyl (C=O) groups is 1. The molecule has 1 aromatic carbocycles. The zero-order chi connectivity index (χ0) is 20.6. The largest absolute Gasteiger partial charge is 0.417 e. The van der Waals surface area contributed by atoms with Crippen LogP contribution >= 0.6 is 0 Å². The first-order valence-electron chi connectivity index (χ1n) is 9.45. The molecular formula is C21H19F4N3O. The average Bonchev–Trinajstić information content (AvgIpc) is 3.29. The van der Waals surface area contributed by atoms with E-state index >= 15 is 0 Å². The van der Waals surface area contributed by atoms with Crippen molar-refractivity contribution < 1.29 is 22.4 Å². The number of benzene rings is 1. The summed E-state index contributed by atoms with van der Waals surface area (Å²) >= 11 is 0. The van der Waals surface area contributed by atoms with Gasteiger partial charge in [0.2, 0.25) is 5.91 Å². The number of fused-ring (bicyclic) bond motifs is 1. The molecule has 8 heteroatoms. The molecule has 0 bridgehead atoms. The first-order chi connectivity index (χ1) is 13.8. The Labute approximate surface area is 164 Å². The van der Waals surface area contributed by atoms with E-state index in [4.69, 9.17) is 0 Å². The van der Waals surface area contributed by atoms with Gasteiger partial charge in [0.1, 0.15) is 11.5 Å². The molecule has 29 heavy (non-hydrogen) atoms. The predicted molar refractivity (Wildman–Crippen MR) is 100 cm³/mol. The van der Waals surface area contributed by atoms with Crippen LogP contribution in [0.25, 0.3) is 5.65 Å². The highest BCUT2D eigenvalue weighted by Gasteiger charge is 2.32. The van der Waals surface area contributed by atoms with Crippen molar-refractivity contribution >= 4 is 17.4 Å². The van der Waals surface area contributed by atoms with E-state index in [0.29, 0.717) is 22.7 Å². The number of hydrogen-bond donors (Lipinski definition) is 1. The number of hydrogen-bond acceptors (Lipinski definition) is 2. The van der Waals surface area contributed by atoms with Gasteiger partial charge in [0.15, 0.2) is 5.82 Å². The highest BCUT2D eigenvalue weighted by Crippen LogP contribution is 2.39. The van der Waals surface area contributed by atoms with E-state index in [0.717, 1.165) is 37.9 Å². The summed E-state index contributed by atoms with van der Waals surface area (Å²) in [5.41, 5.74) is 0.841. The molecule has 1 fully saturated rings. The molecule has 152 valence electrons. The standard InChI is InChI=1S/C21H19F4N3O/c22-16-8-5-13(6-9-16)11-18(29)27-20-19(14-3-1-2-4-14)28-12-15(21(23,24)25)7-10-17(28)26-20/h5-10,12,14H,1-4,11H2,(H,27,29). The third-order valence-electron chi connectivity index (χ3n) is 5.26. The third-order valence-corrected chi connectivity index (χ3v) is 5.26. The van der Waals surface area contributed by atoms with E-state index in [-0.39, 0.29) is 18.2 Å². The van der Waals surface area contributed by atoms with Crippen molar-refractivity contribution in [3.05, 3.63) is 65.2 Å². The summed E-state index contributed by atoms with van der Waals surface area (Å²) in [6, 6.07) is 7.90. The summed E-state index contributed by atoms with van der Waals surface area (Å²) in [4.78, 5) is 16.9. The molecule has 0 radical (unpaired) electrons. The molecule has 0 spiro atoms. The molecule has 0 aliphatic heterocycles. The number of nitrogens with zero attached hydrogens (tertiary/aromatic N) is 2. The summed E-state index contributed by atoms with van der Waals surface area (Å²) < 4.78 is 54.0. The molecule has 0 atom stereocenters. The molecule has 0 saturated heterocycles. The van der Waals surface area contributed by atoms with Gasteiger partial charge in [0, 0.05) is 12.1 Å². The van der Waals surface area contributed by atoms with E-state index in [2.05, 4.69) is 10.3 Å². The molecule has 1 saturated carbocycles. The zero-order valence-corrected chi connectivity index (χ0v) is 15.5. The second-order valence-corrected chi connectivity index (χ2v) is 7.32. The van der Waals surface area contributed by atoms with Crippen LogP contribution in [0, 0.1) is 5.82 Å². The maximum absolute atomic E-state index is 13.2. The fraction of sp³-hybridized carbons (Fsp3) is 0.333. The zero-order valence-electron chi connectivity index (χ0n) is 15.5. The monoisotopic (exact) mass is 405 g/mol. The number of imidazole rings is 1. The molecule has 1 aliphatic carbocycles. The molecule has 2 aromatic heterocycles. The Kier molecular flexibility index (Phi) is 5.02. The minimum Gasteiger partial charge on any atom is -0.309 e. The first kappa shape index (κ1) is 19.4. The van der Waals surface area contributed by atoms with Crippen LogP contribution < -0.4 is 5.32 Å². The van der Waals surface area contributed by atoms with Crippen LogP contribution in [0.3, 0.4) is 0 Å². The summed E-state index contributed by atoms with van der Waals surface area (Å²) in [5.74, 6) is -0.410. The Morgan fingerprint density at radius 3 is 2.45 bits per heavy atom. The number of aromatic nitrogens is 2. The molecule has 1 N–H and O–H groups in total. The number of carbonyl (C=O) groups excluding carboxylic acids is 1. The highest BCUT2D eigenvalue weighted by atomic mass is 19.4. The van der Waals surface area contributed by atoms with Crippen molar-refractivity contribution in [2.24, 2.45) is 0 Å². The second kappa shape index (κ2) is 7.50. The van der Waals surface area contributed by atoms with Crippen molar-refractivity contribution in [3.63, 3.8) is 0 Å². The summed E-state index contributed by atoms with van der Waals surface area (Å²) in [6.45, 7) is 0. The van der Waals surface area contributed by atoms with Gasteiger partial charge in [-0.15, -0.1) is 0 Å². The molecule has 3 aromatic rings. The van der Waals surface area contributed by atoms with Crippen LogP contribution in [0.2, 0.25) is 0 Å². The van der Waals surface area contributed by atoms with Gasteiger partial charge < -0.3 is 9.72 Å². The molecule has 1 amide bonds. The lowest BCUT2D eigenvalue weighted by molar-refractivity contribution is -0.137. The Balaban J connectivity index is 1.68. The van der Waals surface area contributed by atoms with Crippen LogP contribution in [0.1, 0.15) is 48.4 Å². The maximum Gasteiger partial charge on any atom is 0.417 e. The minimum atomic E-state index is -4.46. The first-order valence-corrected chi connectivity index (χ1v) is 9.45. The molecule has 2 heterocycles. The fourth-order valence-corrected chi connectivity index (χ4v) is 3.88. The van der Waals surface area contributed by atoms with Crippen molar-refractivity contribution in [3.8, 4) is 0 Å². The summed E-state index contributed by atoms with van der Waals surface area (Å²) in [6.07, 6.45) is 0.254. The van der Waals surface area contributed by atoms with E-state index in [9.17, 15) is 22.4 Å². The van der Waals surface area contributed by atoms with Crippen molar-refractivity contribution in [2.75, 3.05) is 5.32 Å². The van der Waals surface area contributed by atoms with Gasteiger partial charge in [0.05, 0.1) is 17.7 Å². The smallest absolute Gasteiger partial charge is 0.309 e. The minimum absolute atomic E-state index is 0.0199. The van der Waals surface area contributed by atoms with E-state index in [1.165, 1.54) is 34.7 Å². The SMILES string of the molecule is O=C(Cc1ccc(F)cc1)Nc1nc2ccc(C(F)(F)F)cn2c1C1CCCC1. The van der Waals surface area contributed by atoms with Gasteiger partial charge >= 0.3 is 6.18 Å². The molecular weight excluding hydrogens is 386 g/mol. The topological polar surface area (TPSA) is 46.4 Å². The van der Waals surface area contributed by atoms with Gasteiger partial charge in [-0.05, 0) is 42.7 Å². The van der Waals surface area contributed by atoms with Gasteiger partial charge in [-0.1, -0.05) is 25.0 Å². The lowest BCUT2D eigenvalue weighted by Gasteiger charge is -2.14. The summed E-state index contributed by atoms with van der Waals surface area (Å²) in [5, 5.41) is 2.75. The summed E-state index contributed by atoms with van der Waals surface area (Å²) in [7, 11) is 0. The van der Waals surface area contributed by atoms with Gasteiger partial charge in [0.25, 0.3) is 0 Å². The third kappa shape index (κ3) is 4.11. The molecule has 0 unspecified atom stereocenters. The van der Waals surface area contributed by atoms with Gasteiger partial charge in [-0.3, -0.25) is 4.79 Å². The highest BCUT2D eigenvalue weighted by molar-refractivity contribution is 5.92. The Bertz CT molecular complexity index is 1030. The number of nitrogens with one attached hydrogen (secondary N) is 1. The van der Waals surface area contributed by atoms with E-state index < -0.39 is 17.6 Å². The maximum atomic E-state index is 13.2. The Morgan fingerprint density at radius 1 is 1.10 bits per heavy atom.